The summed E-state index contributed by atoms with van der Waals surface area (Å²) in [6, 6.07) is 11.4. The van der Waals surface area contributed by atoms with Gasteiger partial charge in [-0.3, -0.25) is 5.32 Å². The minimum atomic E-state index is -1.14. The minimum Gasteiger partial charge on any atom is -0.506 e. The van der Waals surface area contributed by atoms with Crippen molar-refractivity contribution in [2.75, 3.05) is 5.32 Å². The van der Waals surface area contributed by atoms with E-state index in [0.29, 0.717) is 25.8 Å². The summed E-state index contributed by atoms with van der Waals surface area (Å²) in [6.45, 7) is 0. The molecule has 0 heterocycles. The van der Waals surface area contributed by atoms with Gasteiger partial charge < -0.3 is 14.9 Å². The van der Waals surface area contributed by atoms with Crippen molar-refractivity contribution in [1.82, 2.24) is 0 Å². The van der Waals surface area contributed by atoms with Gasteiger partial charge in [-0.1, -0.05) is 22.0 Å². The lowest BCUT2D eigenvalue weighted by Gasteiger charge is -2.19. The number of carboxylic acids is 1. The third kappa shape index (κ3) is 6.11. The van der Waals surface area contributed by atoms with E-state index in [0.717, 1.165) is 6.08 Å². The molecule has 7 nitrogen and oxygen atoms in total. The summed E-state index contributed by atoms with van der Waals surface area (Å²) in [5.74, 6) is -1.26. The van der Waals surface area contributed by atoms with E-state index in [1.165, 1.54) is 6.08 Å². The van der Waals surface area contributed by atoms with Crippen LogP contribution in [0, 0.1) is 11.3 Å². The molecule has 9 heteroatoms. The molecule has 0 saturated carbocycles. The Balaban J connectivity index is 2.22. The van der Waals surface area contributed by atoms with Crippen molar-refractivity contribution in [3.05, 3.63) is 68.6 Å². The van der Waals surface area contributed by atoms with Crippen LogP contribution in [0.2, 0.25) is 0 Å². The number of phenolic OH excluding ortho intramolecular Hbond substituents is 1. The van der Waals surface area contributed by atoms with Crippen molar-refractivity contribution in [2.24, 2.45) is 0 Å². The number of nitrogens with zero attached hydrogens (tertiary/aromatic N) is 1. The lowest BCUT2D eigenvalue weighted by Crippen LogP contribution is -2.17. The Hall–Kier alpha value is -2.83. The summed E-state index contributed by atoms with van der Waals surface area (Å²) in [4.78, 5) is 23.0. The quantitative estimate of drug-likeness (QED) is 0.465. The highest BCUT2D eigenvalue weighted by Gasteiger charge is 2.21. The zero-order valence-corrected chi connectivity index (χ0v) is 17.4. The zero-order chi connectivity index (χ0) is 20.7. The molecule has 0 bridgehead atoms. The van der Waals surface area contributed by atoms with Crippen LogP contribution in [0.3, 0.4) is 0 Å². The second kappa shape index (κ2) is 9.92. The van der Waals surface area contributed by atoms with Crippen LogP contribution in [0.5, 0.6) is 5.75 Å². The maximum atomic E-state index is 12.3. The summed E-state index contributed by atoms with van der Waals surface area (Å²) >= 11 is 6.52. The van der Waals surface area contributed by atoms with Gasteiger partial charge in [0.05, 0.1) is 16.1 Å². The third-order valence-electron chi connectivity index (χ3n) is 3.52. The van der Waals surface area contributed by atoms with E-state index in [1.54, 1.807) is 36.4 Å². The number of benzene rings is 2. The average molecular weight is 510 g/mol. The van der Waals surface area contributed by atoms with Crippen LogP contribution in [0.25, 0.3) is 0 Å². The molecule has 2 aromatic rings. The molecule has 1 atom stereocenters. The molecular weight excluding hydrogens is 496 g/mol. The highest BCUT2D eigenvalue weighted by atomic mass is 79.9. The van der Waals surface area contributed by atoms with E-state index < -0.39 is 18.2 Å². The van der Waals surface area contributed by atoms with E-state index in [9.17, 15) is 14.7 Å². The molecule has 144 valence electrons. The SMILES string of the molecule is N#Cc1ccc(NC(=O)O[C@H](C/C=C/C(=O)O)c2cc(Br)cc(Br)c2O)cc1. The number of nitriles is 1. The van der Waals surface area contributed by atoms with E-state index >= 15 is 0 Å². The molecule has 0 radical (unpaired) electrons. The fraction of sp³-hybridized carbons (Fsp3) is 0.105. The average Bonchev–Trinajstić information content (AvgIpc) is 2.64. The van der Waals surface area contributed by atoms with E-state index in [4.69, 9.17) is 15.1 Å². The number of carbonyl (C=O) groups is 2. The molecule has 3 N–H and O–H groups in total. The molecule has 0 fully saturated rings. The molecule has 1 amide bonds. The molecule has 28 heavy (non-hydrogen) atoms. The molecule has 0 aliphatic rings. The highest BCUT2D eigenvalue weighted by molar-refractivity contribution is 9.11. The normalized spacial score (nSPS) is 11.6. The lowest BCUT2D eigenvalue weighted by molar-refractivity contribution is -0.131. The van der Waals surface area contributed by atoms with Crippen molar-refractivity contribution in [3.8, 4) is 11.8 Å². The Morgan fingerprint density at radius 1 is 1.25 bits per heavy atom. The number of amides is 1. The first-order chi connectivity index (χ1) is 13.3. The molecular formula is C19H14Br2N2O5. The molecule has 0 aliphatic carbocycles. The van der Waals surface area contributed by atoms with Gasteiger partial charge in [0.25, 0.3) is 0 Å². The molecule has 0 aliphatic heterocycles. The second-order valence-corrected chi connectivity index (χ2v) is 7.28. The summed E-state index contributed by atoms with van der Waals surface area (Å²) in [5, 5.41) is 30.4. The Labute approximate surface area is 177 Å². The number of carbonyl (C=O) groups excluding carboxylic acids is 1. The van der Waals surface area contributed by atoms with Gasteiger partial charge in [0.1, 0.15) is 11.9 Å². The molecule has 0 unspecified atom stereocenters. The largest absolute Gasteiger partial charge is 0.506 e. The minimum absolute atomic E-state index is 0.0313. The predicted octanol–water partition coefficient (Wildman–Crippen LogP) is 5.11. The summed E-state index contributed by atoms with van der Waals surface area (Å²) in [6.07, 6.45) is 0.551. The van der Waals surface area contributed by atoms with Crippen LogP contribution < -0.4 is 5.32 Å². The number of halogens is 2. The maximum absolute atomic E-state index is 12.3. The maximum Gasteiger partial charge on any atom is 0.412 e. The van der Waals surface area contributed by atoms with Crippen LogP contribution in [0.15, 0.2) is 57.5 Å². The number of rotatable bonds is 6. The molecule has 2 rings (SSSR count). The number of nitrogens with one attached hydrogen (secondary N) is 1. The van der Waals surface area contributed by atoms with Crippen molar-refractivity contribution in [1.29, 1.82) is 5.26 Å². The van der Waals surface area contributed by atoms with Gasteiger partial charge in [0.2, 0.25) is 0 Å². The van der Waals surface area contributed by atoms with Crippen molar-refractivity contribution in [3.63, 3.8) is 0 Å². The fourth-order valence-corrected chi connectivity index (χ4v) is 3.53. The number of hydrogen-bond acceptors (Lipinski definition) is 5. The Morgan fingerprint density at radius 3 is 2.54 bits per heavy atom. The van der Waals surface area contributed by atoms with Crippen LogP contribution in [-0.4, -0.2) is 22.3 Å². The Bertz CT molecular complexity index is 952. The van der Waals surface area contributed by atoms with Crippen LogP contribution >= 0.6 is 31.9 Å². The first-order valence-electron chi connectivity index (χ1n) is 7.85. The second-order valence-electron chi connectivity index (χ2n) is 5.51. The van der Waals surface area contributed by atoms with Gasteiger partial charge in [-0.05, 0) is 52.3 Å². The molecule has 2 aromatic carbocycles. The van der Waals surface area contributed by atoms with Gasteiger partial charge in [0.15, 0.2) is 0 Å². The number of aliphatic carboxylic acids is 1. The van der Waals surface area contributed by atoms with Gasteiger partial charge in [-0.25, -0.2) is 9.59 Å². The summed E-state index contributed by atoms with van der Waals surface area (Å²) < 4.78 is 6.43. The van der Waals surface area contributed by atoms with Crippen LogP contribution in [0.4, 0.5) is 10.5 Å². The van der Waals surface area contributed by atoms with E-state index in [-0.39, 0.29) is 12.2 Å². The number of carboxylic acid groups (broad SMARTS) is 1. The summed E-state index contributed by atoms with van der Waals surface area (Å²) in [5.41, 5.74) is 1.16. The van der Waals surface area contributed by atoms with E-state index in [2.05, 4.69) is 37.2 Å². The first-order valence-corrected chi connectivity index (χ1v) is 9.44. The smallest absolute Gasteiger partial charge is 0.412 e. The number of phenols is 1. The number of hydrogen-bond donors (Lipinski definition) is 3. The number of aromatic hydroxyl groups is 1. The Kier molecular flexibility index (Phi) is 7.61. The first kappa shape index (κ1) is 21.5. The molecule has 0 spiro atoms. The van der Waals surface area contributed by atoms with Gasteiger partial charge >= 0.3 is 12.1 Å². The van der Waals surface area contributed by atoms with E-state index in [1.807, 2.05) is 6.07 Å². The molecule has 0 aromatic heterocycles. The van der Waals surface area contributed by atoms with Crippen molar-refractivity contribution in [2.45, 2.75) is 12.5 Å². The Morgan fingerprint density at radius 2 is 1.93 bits per heavy atom. The third-order valence-corrected chi connectivity index (χ3v) is 4.59. The standard InChI is InChI=1S/C19H14Br2N2O5/c20-12-8-14(18(26)15(21)9-12)16(2-1-3-17(24)25)28-19(27)23-13-6-4-11(10-22)5-7-13/h1,3-9,16,26H,2H2,(H,23,27)(H,24,25)/b3-1+/t16-/m1/s1. The topological polar surface area (TPSA) is 120 Å². The zero-order valence-electron chi connectivity index (χ0n) is 14.2. The van der Waals surface area contributed by atoms with Crippen molar-refractivity contribution >= 4 is 49.6 Å². The molecule has 0 saturated heterocycles. The highest BCUT2D eigenvalue weighted by Crippen LogP contribution is 2.38. The van der Waals surface area contributed by atoms with Crippen LogP contribution in [-0.2, 0) is 9.53 Å². The van der Waals surface area contributed by atoms with Gasteiger partial charge in [-0.2, -0.15) is 5.26 Å². The van der Waals surface area contributed by atoms with Crippen LogP contribution in [0.1, 0.15) is 23.7 Å². The fourth-order valence-electron chi connectivity index (χ4n) is 2.27. The number of anilines is 1. The summed E-state index contributed by atoms with van der Waals surface area (Å²) in [7, 11) is 0. The van der Waals surface area contributed by atoms with Gasteiger partial charge in [0, 0.05) is 28.2 Å². The predicted molar refractivity (Wildman–Crippen MR) is 109 cm³/mol. The lowest BCUT2D eigenvalue weighted by atomic mass is 10.0. The van der Waals surface area contributed by atoms with Gasteiger partial charge in [-0.15, -0.1) is 0 Å². The number of ether oxygens (including phenoxy) is 1. The van der Waals surface area contributed by atoms with Crippen molar-refractivity contribution < 1.29 is 24.5 Å². The monoisotopic (exact) mass is 508 g/mol.